The number of aliphatic hydroxyl groups is 2. The number of hydrogen-bond donors (Lipinski definition) is 5. The first-order valence-corrected chi connectivity index (χ1v) is 8.51. The molecular formula is C18H20N6O4. The Morgan fingerprint density at radius 1 is 1.32 bits per heavy atom. The molecule has 0 aliphatic heterocycles. The number of aryl methyl sites for hydroxylation is 1. The highest BCUT2D eigenvalue weighted by atomic mass is 16.3. The van der Waals surface area contributed by atoms with Gasteiger partial charge in [-0.25, -0.2) is 4.68 Å². The molecule has 28 heavy (non-hydrogen) atoms. The first kappa shape index (κ1) is 19.3. The van der Waals surface area contributed by atoms with Gasteiger partial charge in [-0.05, 0) is 25.1 Å². The van der Waals surface area contributed by atoms with Crippen molar-refractivity contribution in [3.05, 3.63) is 64.6 Å². The SMILES string of the molecule is Cc1ccn(-c2cc(Nc3ccncc3C(=O)NC(CO)CO)c[nH]c2=O)n1. The quantitative estimate of drug-likeness (QED) is 0.388. The Bertz CT molecular complexity index is 1020. The Kier molecular flexibility index (Phi) is 5.82. The Labute approximate surface area is 159 Å². The molecule has 3 aromatic rings. The van der Waals surface area contributed by atoms with Gasteiger partial charge in [-0.2, -0.15) is 5.10 Å². The average Bonchev–Trinajstić information content (AvgIpc) is 3.14. The van der Waals surface area contributed by atoms with E-state index in [1.54, 1.807) is 24.4 Å². The maximum Gasteiger partial charge on any atom is 0.273 e. The summed E-state index contributed by atoms with van der Waals surface area (Å²) in [7, 11) is 0. The second-order valence-electron chi connectivity index (χ2n) is 6.09. The van der Waals surface area contributed by atoms with Crippen LogP contribution in [0.1, 0.15) is 16.1 Å². The van der Waals surface area contributed by atoms with Crippen LogP contribution in [0, 0.1) is 6.92 Å². The van der Waals surface area contributed by atoms with E-state index >= 15 is 0 Å². The number of aliphatic hydroxyl groups excluding tert-OH is 2. The second kappa shape index (κ2) is 8.46. The molecule has 0 saturated carbocycles. The number of anilines is 2. The maximum atomic E-state index is 12.4. The lowest BCUT2D eigenvalue weighted by Crippen LogP contribution is -2.40. The van der Waals surface area contributed by atoms with Gasteiger partial charge in [-0.15, -0.1) is 0 Å². The van der Waals surface area contributed by atoms with Gasteiger partial charge in [0.2, 0.25) is 0 Å². The molecule has 3 aromatic heterocycles. The van der Waals surface area contributed by atoms with Crippen molar-refractivity contribution >= 4 is 17.3 Å². The molecule has 10 nitrogen and oxygen atoms in total. The van der Waals surface area contributed by atoms with Crippen molar-refractivity contribution < 1.29 is 15.0 Å². The van der Waals surface area contributed by atoms with Crippen LogP contribution in [0.3, 0.4) is 0 Å². The molecule has 0 atom stereocenters. The average molecular weight is 384 g/mol. The number of rotatable bonds is 7. The molecule has 0 radical (unpaired) electrons. The summed E-state index contributed by atoms with van der Waals surface area (Å²) in [6, 6.07) is 4.22. The summed E-state index contributed by atoms with van der Waals surface area (Å²) in [5, 5.41) is 28.1. The minimum Gasteiger partial charge on any atom is -0.394 e. The van der Waals surface area contributed by atoms with Crippen LogP contribution in [0.5, 0.6) is 0 Å². The summed E-state index contributed by atoms with van der Waals surface area (Å²) in [6.45, 7) is 1.04. The normalized spacial score (nSPS) is 10.9. The third-order valence-corrected chi connectivity index (χ3v) is 3.97. The molecule has 0 bridgehead atoms. The van der Waals surface area contributed by atoms with Crippen molar-refractivity contribution in [2.45, 2.75) is 13.0 Å². The minimum absolute atomic E-state index is 0.220. The summed E-state index contributed by atoms with van der Waals surface area (Å²) in [5.41, 5.74) is 1.97. The number of nitrogens with one attached hydrogen (secondary N) is 3. The molecule has 5 N–H and O–H groups in total. The van der Waals surface area contributed by atoms with E-state index in [1.165, 1.54) is 23.3 Å². The molecule has 146 valence electrons. The van der Waals surface area contributed by atoms with Crippen LogP contribution in [-0.4, -0.2) is 55.1 Å². The van der Waals surface area contributed by atoms with E-state index in [0.717, 1.165) is 5.69 Å². The number of aromatic amines is 1. The number of hydrogen-bond acceptors (Lipinski definition) is 7. The van der Waals surface area contributed by atoms with Crippen LogP contribution in [0.4, 0.5) is 11.4 Å². The molecule has 0 fully saturated rings. The van der Waals surface area contributed by atoms with E-state index in [2.05, 4.69) is 25.7 Å². The van der Waals surface area contributed by atoms with Crippen LogP contribution < -0.4 is 16.2 Å². The van der Waals surface area contributed by atoms with Gasteiger partial charge < -0.3 is 25.8 Å². The molecule has 3 heterocycles. The van der Waals surface area contributed by atoms with Crippen LogP contribution in [0.2, 0.25) is 0 Å². The second-order valence-corrected chi connectivity index (χ2v) is 6.09. The van der Waals surface area contributed by atoms with Gasteiger partial charge in [0.05, 0.1) is 41.9 Å². The van der Waals surface area contributed by atoms with E-state index < -0.39 is 25.2 Å². The number of pyridine rings is 2. The standard InChI is InChI=1S/C18H20N6O4/c1-11-3-5-24(23-11)16-6-12(7-20-18(16)28)21-15-2-4-19-8-14(15)17(27)22-13(9-25)10-26/h2-8,13,25-26H,9-10H2,1H3,(H,19,21)(H,20,28)(H,22,27). The minimum atomic E-state index is -0.775. The third-order valence-electron chi connectivity index (χ3n) is 3.97. The van der Waals surface area contributed by atoms with Crippen molar-refractivity contribution in [3.8, 4) is 5.69 Å². The van der Waals surface area contributed by atoms with Crippen LogP contribution in [0.25, 0.3) is 5.69 Å². The fourth-order valence-corrected chi connectivity index (χ4v) is 2.52. The molecule has 3 rings (SSSR count). The molecule has 0 aliphatic rings. The van der Waals surface area contributed by atoms with Gasteiger partial charge in [0.15, 0.2) is 0 Å². The number of nitrogens with zero attached hydrogens (tertiary/aromatic N) is 3. The van der Waals surface area contributed by atoms with Gasteiger partial charge in [0.25, 0.3) is 11.5 Å². The molecular weight excluding hydrogens is 364 g/mol. The summed E-state index contributed by atoms with van der Waals surface area (Å²) in [6.07, 6.45) is 6.04. The highest BCUT2D eigenvalue weighted by Gasteiger charge is 2.16. The Morgan fingerprint density at radius 3 is 2.79 bits per heavy atom. The largest absolute Gasteiger partial charge is 0.394 e. The summed E-state index contributed by atoms with van der Waals surface area (Å²) >= 11 is 0. The van der Waals surface area contributed by atoms with Gasteiger partial charge in [-0.3, -0.25) is 14.6 Å². The number of carbonyl (C=O) groups is 1. The number of aromatic nitrogens is 4. The van der Waals surface area contributed by atoms with Crippen molar-refractivity contribution in [1.82, 2.24) is 25.1 Å². The lowest BCUT2D eigenvalue weighted by molar-refractivity contribution is 0.0880. The zero-order valence-electron chi connectivity index (χ0n) is 15.1. The van der Waals surface area contributed by atoms with E-state index in [-0.39, 0.29) is 11.1 Å². The molecule has 0 aromatic carbocycles. The van der Waals surface area contributed by atoms with E-state index in [1.807, 2.05) is 6.92 Å². The molecule has 0 spiro atoms. The smallest absolute Gasteiger partial charge is 0.273 e. The predicted molar refractivity (Wildman–Crippen MR) is 102 cm³/mol. The number of H-pyrrole nitrogens is 1. The highest BCUT2D eigenvalue weighted by Crippen LogP contribution is 2.20. The molecule has 0 saturated heterocycles. The van der Waals surface area contributed by atoms with E-state index in [4.69, 9.17) is 10.2 Å². The zero-order chi connectivity index (χ0) is 20.1. The Morgan fingerprint density at radius 2 is 2.11 bits per heavy atom. The lowest BCUT2D eigenvalue weighted by Gasteiger charge is -2.16. The summed E-state index contributed by atoms with van der Waals surface area (Å²) < 4.78 is 1.46. The molecule has 0 unspecified atom stereocenters. The van der Waals surface area contributed by atoms with Crippen molar-refractivity contribution in [3.63, 3.8) is 0 Å². The van der Waals surface area contributed by atoms with E-state index in [0.29, 0.717) is 17.1 Å². The predicted octanol–water partition coefficient (Wildman–Crippen LogP) is 0.0906. The highest BCUT2D eigenvalue weighted by molar-refractivity contribution is 6.00. The molecule has 1 amide bonds. The van der Waals surface area contributed by atoms with Crippen LogP contribution >= 0.6 is 0 Å². The third kappa shape index (κ3) is 4.24. The Hall–Kier alpha value is -3.50. The summed E-state index contributed by atoms with van der Waals surface area (Å²) in [4.78, 5) is 31.2. The maximum absolute atomic E-state index is 12.4. The van der Waals surface area contributed by atoms with Gasteiger partial charge in [0.1, 0.15) is 5.69 Å². The van der Waals surface area contributed by atoms with Gasteiger partial charge in [0, 0.05) is 24.8 Å². The van der Waals surface area contributed by atoms with Crippen LogP contribution in [-0.2, 0) is 0 Å². The van der Waals surface area contributed by atoms with Crippen molar-refractivity contribution in [1.29, 1.82) is 0 Å². The first-order chi connectivity index (χ1) is 13.5. The van der Waals surface area contributed by atoms with E-state index in [9.17, 15) is 9.59 Å². The fraction of sp³-hybridized carbons (Fsp3) is 0.222. The van der Waals surface area contributed by atoms with Crippen molar-refractivity contribution in [2.24, 2.45) is 0 Å². The number of amides is 1. The Balaban J connectivity index is 1.89. The number of carbonyl (C=O) groups excluding carboxylic acids is 1. The first-order valence-electron chi connectivity index (χ1n) is 8.51. The summed E-state index contributed by atoms with van der Waals surface area (Å²) in [5.74, 6) is -0.504. The van der Waals surface area contributed by atoms with Crippen molar-refractivity contribution in [2.75, 3.05) is 18.5 Å². The van der Waals surface area contributed by atoms with Crippen LogP contribution in [0.15, 0.2) is 47.8 Å². The molecule has 0 aliphatic carbocycles. The van der Waals surface area contributed by atoms with Gasteiger partial charge >= 0.3 is 0 Å². The molecule has 10 heteroatoms. The zero-order valence-corrected chi connectivity index (χ0v) is 15.1. The topological polar surface area (TPSA) is 145 Å². The van der Waals surface area contributed by atoms with Gasteiger partial charge in [-0.1, -0.05) is 0 Å². The fourth-order valence-electron chi connectivity index (χ4n) is 2.52. The monoisotopic (exact) mass is 384 g/mol. The lowest BCUT2D eigenvalue weighted by atomic mass is 10.2.